The fourth-order valence-corrected chi connectivity index (χ4v) is 2.61. The van der Waals surface area contributed by atoms with Crippen LogP contribution in [0.15, 0.2) is 54.2 Å². The molecule has 0 radical (unpaired) electrons. The fourth-order valence-electron chi connectivity index (χ4n) is 2.61. The van der Waals surface area contributed by atoms with Gasteiger partial charge in [-0.05, 0) is 42.5 Å². The fraction of sp³-hybridized carbons (Fsp3) is 0.238. The minimum Gasteiger partial charge on any atom is -0.497 e. The summed E-state index contributed by atoms with van der Waals surface area (Å²) < 4.78 is 60.1. The molecule has 0 bridgehead atoms. The van der Waals surface area contributed by atoms with Crippen LogP contribution in [0.25, 0.3) is 0 Å². The zero-order chi connectivity index (χ0) is 22.8. The number of halogens is 3. The number of rotatable bonds is 5. The van der Waals surface area contributed by atoms with Crippen molar-refractivity contribution >= 4 is 17.6 Å². The largest absolute Gasteiger partial charge is 0.497 e. The monoisotopic (exact) mass is 437 g/mol. The number of esters is 2. The number of ether oxygens (including phenoxy) is 4. The summed E-state index contributed by atoms with van der Waals surface area (Å²) in [4.78, 5) is 24.1. The van der Waals surface area contributed by atoms with Gasteiger partial charge in [0.15, 0.2) is 11.3 Å². The first kappa shape index (κ1) is 22.0. The number of nitrogens with one attached hydrogen (secondary N) is 1. The van der Waals surface area contributed by atoms with Gasteiger partial charge in [-0.2, -0.15) is 13.2 Å². The second-order valence-corrected chi connectivity index (χ2v) is 6.87. The Bertz CT molecular complexity index is 1010. The molecule has 1 aliphatic rings. The number of alkyl halides is 3. The van der Waals surface area contributed by atoms with Gasteiger partial charge in [-0.3, -0.25) is 0 Å². The van der Waals surface area contributed by atoms with E-state index in [9.17, 15) is 22.8 Å². The third-order valence-electron chi connectivity index (χ3n) is 4.08. The highest BCUT2D eigenvalue weighted by molar-refractivity contribution is 6.15. The molecule has 0 atom stereocenters. The van der Waals surface area contributed by atoms with Gasteiger partial charge in [-0.25, -0.2) is 9.59 Å². The molecule has 1 aliphatic heterocycles. The zero-order valence-electron chi connectivity index (χ0n) is 16.7. The van der Waals surface area contributed by atoms with Gasteiger partial charge in [0, 0.05) is 20.0 Å². The molecule has 10 heteroatoms. The molecule has 0 unspecified atom stereocenters. The minimum absolute atomic E-state index is 0.0212. The van der Waals surface area contributed by atoms with E-state index < -0.39 is 35.0 Å². The molecule has 3 rings (SSSR count). The molecule has 1 heterocycles. The van der Waals surface area contributed by atoms with Crippen LogP contribution in [0.3, 0.4) is 0 Å². The SMILES string of the molecule is COc1ccc(Oc2ccc(C(F)(F)F)cc2NC=C2C(=O)OC(C)(C)OC2=O)cc1. The molecule has 0 aromatic heterocycles. The summed E-state index contributed by atoms with van der Waals surface area (Å²) in [6, 6.07) is 9.12. The Morgan fingerprint density at radius 1 is 0.968 bits per heavy atom. The molecule has 164 valence electrons. The lowest BCUT2D eigenvalue weighted by Crippen LogP contribution is -2.42. The highest BCUT2D eigenvalue weighted by Crippen LogP contribution is 2.37. The zero-order valence-corrected chi connectivity index (χ0v) is 16.7. The van der Waals surface area contributed by atoms with E-state index in [-0.39, 0.29) is 11.4 Å². The number of hydrogen-bond donors (Lipinski definition) is 1. The normalized spacial score (nSPS) is 15.6. The number of methoxy groups -OCH3 is 1. The van der Waals surface area contributed by atoms with Crippen molar-refractivity contribution in [1.82, 2.24) is 0 Å². The molecule has 2 aromatic carbocycles. The Labute approximate surface area is 175 Å². The molecule has 7 nitrogen and oxygen atoms in total. The van der Waals surface area contributed by atoms with Crippen LogP contribution in [-0.2, 0) is 25.2 Å². The predicted molar refractivity (Wildman–Crippen MR) is 102 cm³/mol. The molecule has 0 aliphatic carbocycles. The number of hydrogen-bond acceptors (Lipinski definition) is 7. The molecular formula is C21H18F3NO6. The number of anilines is 1. The van der Waals surface area contributed by atoms with Crippen LogP contribution in [0.2, 0.25) is 0 Å². The van der Waals surface area contributed by atoms with Crippen molar-refractivity contribution in [3.8, 4) is 17.2 Å². The van der Waals surface area contributed by atoms with Crippen LogP contribution in [0.4, 0.5) is 18.9 Å². The maximum Gasteiger partial charge on any atom is 0.416 e. The second-order valence-electron chi connectivity index (χ2n) is 6.87. The van der Waals surface area contributed by atoms with E-state index in [1.54, 1.807) is 24.3 Å². The van der Waals surface area contributed by atoms with Gasteiger partial charge in [-0.1, -0.05) is 0 Å². The van der Waals surface area contributed by atoms with Gasteiger partial charge in [0.2, 0.25) is 0 Å². The van der Waals surface area contributed by atoms with Crippen LogP contribution in [-0.4, -0.2) is 24.8 Å². The van der Waals surface area contributed by atoms with Gasteiger partial charge >= 0.3 is 18.1 Å². The van der Waals surface area contributed by atoms with Gasteiger partial charge < -0.3 is 24.3 Å². The van der Waals surface area contributed by atoms with E-state index in [2.05, 4.69) is 5.32 Å². The molecule has 2 aromatic rings. The van der Waals surface area contributed by atoms with Crippen LogP contribution in [0.1, 0.15) is 19.4 Å². The quantitative estimate of drug-likeness (QED) is 0.415. The van der Waals surface area contributed by atoms with Crippen LogP contribution in [0.5, 0.6) is 17.2 Å². The predicted octanol–water partition coefficient (Wildman–Crippen LogP) is 4.64. The maximum absolute atomic E-state index is 13.2. The van der Waals surface area contributed by atoms with Gasteiger partial charge in [-0.15, -0.1) is 0 Å². The first-order valence-electron chi connectivity index (χ1n) is 8.95. The summed E-state index contributed by atoms with van der Waals surface area (Å²) in [5.41, 5.74) is -1.60. The molecule has 0 spiro atoms. The average Bonchev–Trinajstić information content (AvgIpc) is 2.67. The molecule has 0 amide bonds. The summed E-state index contributed by atoms with van der Waals surface area (Å²) in [6.07, 6.45) is -3.70. The summed E-state index contributed by atoms with van der Waals surface area (Å²) in [5.74, 6) is -2.47. The highest BCUT2D eigenvalue weighted by Gasteiger charge is 2.39. The molecule has 31 heavy (non-hydrogen) atoms. The van der Waals surface area contributed by atoms with Gasteiger partial charge in [0.05, 0.1) is 18.4 Å². The average molecular weight is 437 g/mol. The summed E-state index contributed by atoms with van der Waals surface area (Å²) in [7, 11) is 1.49. The Morgan fingerprint density at radius 3 is 2.10 bits per heavy atom. The van der Waals surface area contributed by atoms with Crippen LogP contribution >= 0.6 is 0 Å². The highest BCUT2D eigenvalue weighted by atomic mass is 19.4. The second kappa shape index (κ2) is 8.21. The lowest BCUT2D eigenvalue weighted by molar-refractivity contribution is -0.222. The van der Waals surface area contributed by atoms with Crippen molar-refractivity contribution in [2.75, 3.05) is 12.4 Å². The summed E-state index contributed by atoms with van der Waals surface area (Å²) in [6.45, 7) is 2.75. The maximum atomic E-state index is 13.2. The van der Waals surface area contributed by atoms with E-state index in [4.69, 9.17) is 18.9 Å². The number of benzene rings is 2. The Morgan fingerprint density at radius 2 is 1.55 bits per heavy atom. The van der Waals surface area contributed by atoms with Crippen molar-refractivity contribution in [3.05, 3.63) is 59.8 Å². The van der Waals surface area contributed by atoms with Gasteiger partial charge in [0.1, 0.15) is 11.5 Å². The van der Waals surface area contributed by atoms with Crippen LogP contribution < -0.4 is 14.8 Å². The topological polar surface area (TPSA) is 83.1 Å². The lowest BCUT2D eigenvalue weighted by atomic mass is 10.1. The molecule has 1 N–H and O–H groups in total. The van der Waals surface area contributed by atoms with E-state index in [0.29, 0.717) is 11.5 Å². The molecular weight excluding hydrogens is 419 g/mol. The molecule has 1 saturated heterocycles. The van der Waals surface area contributed by atoms with E-state index in [0.717, 1.165) is 24.4 Å². The first-order valence-corrected chi connectivity index (χ1v) is 8.95. The van der Waals surface area contributed by atoms with E-state index >= 15 is 0 Å². The minimum atomic E-state index is -4.62. The van der Waals surface area contributed by atoms with Crippen molar-refractivity contribution in [2.45, 2.75) is 25.8 Å². The van der Waals surface area contributed by atoms with Crippen molar-refractivity contribution in [1.29, 1.82) is 0 Å². The van der Waals surface area contributed by atoms with Crippen LogP contribution in [0, 0.1) is 0 Å². The Hall–Kier alpha value is -3.69. The first-order chi connectivity index (χ1) is 14.5. The number of cyclic esters (lactones) is 2. The molecule has 1 fully saturated rings. The summed E-state index contributed by atoms with van der Waals surface area (Å²) in [5, 5.41) is 2.51. The Kier molecular flexibility index (Phi) is 5.83. The Balaban J connectivity index is 1.92. The van der Waals surface area contributed by atoms with E-state index in [1.165, 1.54) is 21.0 Å². The number of carbonyl (C=O) groups is 2. The van der Waals surface area contributed by atoms with Crippen molar-refractivity contribution < 1.29 is 41.7 Å². The lowest BCUT2D eigenvalue weighted by Gasteiger charge is -2.29. The smallest absolute Gasteiger partial charge is 0.416 e. The van der Waals surface area contributed by atoms with Crippen molar-refractivity contribution in [2.24, 2.45) is 0 Å². The third-order valence-corrected chi connectivity index (χ3v) is 4.08. The molecule has 0 saturated carbocycles. The summed E-state index contributed by atoms with van der Waals surface area (Å²) >= 11 is 0. The van der Waals surface area contributed by atoms with Gasteiger partial charge in [0.25, 0.3) is 5.79 Å². The third kappa shape index (κ3) is 5.27. The standard InChI is InChI=1S/C21H18F3NO6/c1-20(2)30-18(26)15(19(27)31-20)11-25-16-10-12(21(22,23)24)4-9-17(16)29-14-7-5-13(28-3)6-8-14/h4-11,25H,1-3H3. The van der Waals surface area contributed by atoms with Crippen molar-refractivity contribution in [3.63, 3.8) is 0 Å². The number of carbonyl (C=O) groups excluding carboxylic acids is 2. The van der Waals surface area contributed by atoms with E-state index in [1.807, 2.05) is 0 Å².